The maximum atomic E-state index is 12.2. The van der Waals surface area contributed by atoms with E-state index in [2.05, 4.69) is 14.5 Å². The number of piperazine rings is 1. The van der Waals surface area contributed by atoms with Crippen LogP contribution in [0.25, 0.3) is 0 Å². The van der Waals surface area contributed by atoms with Crippen LogP contribution in [0.5, 0.6) is 5.75 Å². The van der Waals surface area contributed by atoms with Crippen molar-refractivity contribution in [3.05, 3.63) is 77.0 Å². The Morgan fingerprint density at radius 3 is 2.39 bits per heavy atom. The third-order valence-electron chi connectivity index (χ3n) is 4.56. The van der Waals surface area contributed by atoms with Gasteiger partial charge in [-0.05, 0) is 35.9 Å². The molecule has 1 aliphatic heterocycles. The molecule has 28 heavy (non-hydrogen) atoms. The molecular formula is C21H21ClF2N2O2. The van der Waals surface area contributed by atoms with Crippen LogP contribution < -0.4 is 4.74 Å². The molecule has 4 nitrogen and oxygen atoms in total. The van der Waals surface area contributed by atoms with Gasteiger partial charge < -0.3 is 9.64 Å². The largest absolute Gasteiger partial charge is 0.435 e. The minimum absolute atomic E-state index is 0.0326. The standard InChI is InChI=1S/C21H21ClF2N2O2/c22-19-4-2-1-3-17(19)15-26-13-11-25(12-14-26)10-9-20(27)16-5-7-18(8-6-16)28-21(23)24/h1-10,21H,11-15H2. The van der Waals surface area contributed by atoms with Gasteiger partial charge in [0.2, 0.25) is 0 Å². The summed E-state index contributed by atoms with van der Waals surface area (Å²) in [6.07, 6.45) is 3.30. The Labute approximate surface area is 168 Å². The molecular weight excluding hydrogens is 386 g/mol. The molecule has 3 rings (SSSR count). The third-order valence-corrected chi connectivity index (χ3v) is 4.93. The van der Waals surface area contributed by atoms with E-state index in [-0.39, 0.29) is 11.5 Å². The molecule has 1 fully saturated rings. The van der Waals surface area contributed by atoms with E-state index in [9.17, 15) is 13.6 Å². The highest BCUT2D eigenvalue weighted by Gasteiger charge is 2.16. The van der Waals surface area contributed by atoms with Gasteiger partial charge in [-0.1, -0.05) is 29.8 Å². The lowest BCUT2D eigenvalue weighted by Crippen LogP contribution is -2.43. The second kappa shape index (κ2) is 9.66. The maximum Gasteiger partial charge on any atom is 0.387 e. The van der Waals surface area contributed by atoms with E-state index in [0.717, 1.165) is 43.3 Å². The van der Waals surface area contributed by atoms with Crippen LogP contribution in [0.3, 0.4) is 0 Å². The van der Waals surface area contributed by atoms with E-state index in [0.29, 0.717) is 5.56 Å². The molecule has 1 heterocycles. The van der Waals surface area contributed by atoms with Crippen LogP contribution in [0.2, 0.25) is 5.02 Å². The molecule has 0 unspecified atom stereocenters. The van der Waals surface area contributed by atoms with Crippen molar-refractivity contribution in [3.8, 4) is 5.75 Å². The zero-order valence-corrected chi connectivity index (χ0v) is 16.0. The van der Waals surface area contributed by atoms with Crippen molar-refractivity contribution in [2.45, 2.75) is 13.2 Å². The van der Waals surface area contributed by atoms with Gasteiger partial charge in [0.1, 0.15) is 5.75 Å². The lowest BCUT2D eigenvalue weighted by atomic mass is 10.1. The number of rotatable bonds is 7. The molecule has 2 aromatic rings. The van der Waals surface area contributed by atoms with E-state index < -0.39 is 6.61 Å². The lowest BCUT2D eigenvalue weighted by Gasteiger charge is -2.34. The minimum Gasteiger partial charge on any atom is -0.435 e. The van der Waals surface area contributed by atoms with Gasteiger partial charge in [0.05, 0.1) is 0 Å². The van der Waals surface area contributed by atoms with Crippen LogP contribution in [0, 0.1) is 0 Å². The van der Waals surface area contributed by atoms with Crippen LogP contribution >= 0.6 is 11.6 Å². The van der Waals surface area contributed by atoms with E-state index in [4.69, 9.17) is 11.6 Å². The Morgan fingerprint density at radius 1 is 1.07 bits per heavy atom. The molecule has 1 saturated heterocycles. The Bertz CT molecular complexity index is 819. The van der Waals surface area contributed by atoms with Gasteiger partial charge in [-0.2, -0.15) is 8.78 Å². The molecule has 0 atom stereocenters. The molecule has 0 aliphatic carbocycles. The number of halogens is 3. The molecule has 0 spiro atoms. The number of alkyl halides is 2. The lowest BCUT2D eigenvalue weighted by molar-refractivity contribution is -0.0498. The van der Waals surface area contributed by atoms with Crippen LogP contribution in [-0.4, -0.2) is 48.4 Å². The predicted molar refractivity (Wildman–Crippen MR) is 105 cm³/mol. The number of hydrogen-bond acceptors (Lipinski definition) is 4. The molecule has 0 saturated carbocycles. The number of allylic oxidation sites excluding steroid dienone is 1. The predicted octanol–water partition coefficient (Wildman–Crippen LogP) is 4.46. The number of carbonyl (C=O) groups is 1. The summed E-state index contributed by atoms with van der Waals surface area (Å²) in [5.41, 5.74) is 1.54. The second-order valence-electron chi connectivity index (χ2n) is 6.49. The summed E-state index contributed by atoms with van der Waals surface area (Å²) in [5, 5.41) is 0.778. The van der Waals surface area contributed by atoms with Crippen LogP contribution in [0.15, 0.2) is 60.8 Å². The van der Waals surface area contributed by atoms with E-state index in [1.165, 1.54) is 30.3 Å². The van der Waals surface area contributed by atoms with E-state index in [1.807, 2.05) is 24.3 Å². The number of benzene rings is 2. The number of hydrogen-bond donors (Lipinski definition) is 0. The number of nitrogens with zero attached hydrogens (tertiary/aromatic N) is 2. The van der Waals surface area contributed by atoms with Crippen LogP contribution in [0.4, 0.5) is 8.78 Å². The summed E-state index contributed by atoms with van der Waals surface area (Å²) in [6.45, 7) is 1.32. The fraction of sp³-hybridized carbons (Fsp3) is 0.286. The van der Waals surface area contributed by atoms with Crippen molar-refractivity contribution < 1.29 is 18.3 Å². The molecule has 0 amide bonds. The van der Waals surface area contributed by atoms with Crippen molar-refractivity contribution in [3.63, 3.8) is 0 Å². The zero-order chi connectivity index (χ0) is 19.9. The Kier molecular flexibility index (Phi) is 7.01. The van der Waals surface area contributed by atoms with Gasteiger partial charge in [0.25, 0.3) is 0 Å². The summed E-state index contributed by atoms with van der Waals surface area (Å²) in [5.74, 6) is -0.146. The smallest absolute Gasteiger partial charge is 0.387 e. The van der Waals surface area contributed by atoms with Gasteiger partial charge in [-0.25, -0.2) is 0 Å². The van der Waals surface area contributed by atoms with Crippen molar-refractivity contribution in [1.82, 2.24) is 9.80 Å². The number of ether oxygens (including phenoxy) is 1. The fourth-order valence-electron chi connectivity index (χ4n) is 3.01. The second-order valence-corrected chi connectivity index (χ2v) is 6.89. The highest BCUT2D eigenvalue weighted by molar-refractivity contribution is 6.31. The third kappa shape index (κ3) is 5.78. The Morgan fingerprint density at radius 2 is 1.75 bits per heavy atom. The van der Waals surface area contributed by atoms with Gasteiger partial charge in [-0.3, -0.25) is 9.69 Å². The zero-order valence-electron chi connectivity index (χ0n) is 15.2. The normalized spacial score (nSPS) is 15.4. The van der Waals surface area contributed by atoms with Gasteiger partial charge in [-0.15, -0.1) is 0 Å². The molecule has 0 bridgehead atoms. The van der Waals surface area contributed by atoms with Crippen molar-refractivity contribution in [1.29, 1.82) is 0 Å². The quantitative estimate of drug-likeness (QED) is 0.502. The monoisotopic (exact) mass is 406 g/mol. The summed E-state index contributed by atoms with van der Waals surface area (Å²) in [6, 6.07) is 13.5. The maximum absolute atomic E-state index is 12.2. The molecule has 7 heteroatoms. The molecule has 0 N–H and O–H groups in total. The summed E-state index contributed by atoms with van der Waals surface area (Å²) >= 11 is 6.22. The first-order valence-corrected chi connectivity index (χ1v) is 9.36. The van der Waals surface area contributed by atoms with Crippen molar-refractivity contribution in [2.75, 3.05) is 26.2 Å². The van der Waals surface area contributed by atoms with Crippen molar-refractivity contribution >= 4 is 17.4 Å². The molecule has 2 aromatic carbocycles. The Hall–Kier alpha value is -2.44. The highest BCUT2D eigenvalue weighted by Crippen LogP contribution is 2.18. The number of ketones is 1. The van der Waals surface area contributed by atoms with Crippen molar-refractivity contribution in [2.24, 2.45) is 0 Å². The fourth-order valence-corrected chi connectivity index (χ4v) is 3.20. The summed E-state index contributed by atoms with van der Waals surface area (Å²) in [4.78, 5) is 16.7. The van der Waals surface area contributed by atoms with Gasteiger partial charge in [0, 0.05) is 55.6 Å². The molecule has 0 aromatic heterocycles. The van der Waals surface area contributed by atoms with E-state index in [1.54, 1.807) is 6.20 Å². The SMILES string of the molecule is O=C(C=CN1CCN(Cc2ccccc2Cl)CC1)c1ccc(OC(F)F)cc1. The summed E-state index contributed by atoms with van der Waals surface area (Å²) < 4.78 is 28.6. The average molecular weight is 407 g/mol. The first-order chi connectivity index (χ1) is 13.5. The average Bonchev–Trinajstić information content (AvgIpc) is 2.69. The van der Waals surface area contributed by atoms with Gasteiger partial charge >= 0.3 is 6.61 Å². The molecule has 1 aliphatic rings. The molecule has 0 radical (unpaired) electrons. The molecule has 148 valence electrons. The Balaban J connectivity index is 1.48. The topological polar surface area (TPSA) is 32.8 Å². The van der Waals surface area contributed by atoms with Crippen LogP contribution in [-0.2, 0) is 6.54 Å². The van der Waals surface area contributed by atoms with Crippen LogP contribution in [0.1, 0.15) is 15.9 Å². The number of carbonyl (C=O) groups excluding carboxylic acids is 1. The minimum atomic E-state index is -2.88. The first kappa shape index (κ1) is 20.3. The van der Waals surface area contributed by atoms with Gasteiger partial charge in [0.15, 0.2) is 5.78 Å². The highest BCUT2D eigenvalue weighted by atomic mass is 35.5. The van der Waals surface area contributed by atoms with E-state index >= 15 is 0 Å². The summed E-state index contributed by atoms with van der Waals surface area (Å²) in [7, 11) is 0. The first-order valence-electron chi connectivity index (χ1n) is 8.98.